The van der Waals surface area contributed by atoms with Gasteiger partial charge < -0.3 is 4.90 Å². The van der Waals surface area contributed by atoms with Crippen molar-refractivity contribution in [2.24, 2.45) is 0 Å². The average molecular weight is 365 g/mol. The molecule has 0 N–H and O–H groups in total. The number of hydrogen-bond donors (Lipinski definition) is 0. The molecule has 1 aliphatic heterocycles. The molecular formula is C24H32N2O. The van der Waals surface area contributed by atoms with E-state index in [0.717, 1.165) is 38.2 Å². The SMILES string of the molecule is CCC(=O)N(c1cccc(C)c1)C1CCN(Cc2ccc(C)c(C)c2)CC1. The molecule has 2 aromatic carbocycles. The fourth-order valence-corrected chi connectivity index (χ4v) is 4.00. The van der Waals surface area contributed by atoms with Crippen molar-refractivity contribution >= 4 is 11.6 Å². The van der Waals surface area contributed by atoms with Crippen LogP contribution < -0.4 is 4.90 Å². The molecule has 2 aromatic rings. The zero-order valence-electron chi connectivity index (χ0n) is 17.2. The van der Waals surface area contributed by atoms with E-state index in [1.54, 1.807) is 0 Å². The van der Waals surface area contributed by atoms with Gasteiger partial charge in [-0.3, -0.25) is 9.69 Å². The van der Waals surface area contributed by atoms with Crippen LogP contribution in [0.4, 0.5) is 5.69 Å². The molecule has 1 saturated heterocycles. The minimum atomic E-state index is 0.230. The van der Waals surface area contributed by atoms with Crippen LogP contribution in [0.3, 0.4) is 0 Å². The molecule has 27 heavy (non-hydrogen) atoms. The van der Waals surface area contributed by atoms with Gasteiger partial charge in [-0.1, -0.05) is 37.3 Å². The predicted octanol–water partition coefficient (Wildman–Crippen LogP) is 5.02. The highest BCUT2D eigenvalue weighted by Gasteiger charge is 2.28. The lowest BCUT2D eigenvalue weighted by Crippen LogP contribution is -2.47. The van der Waals surface area contributed by atoms with Gasteiger partial charge in [-0.05, 0) is 68.0 Å². The van der Waals surface area contributed by atoms with Crippen LogP contribution in [0.1, 0.15) is 48.4 Å². The first kappa shape index (κ1) is 19.6. The highest BCUT2D eigenvalue weighted by Crippen LogP contribution is 2.26. The van der Waals surface area contributed by atoms with Crippen molar-refractivity contribution in [2.75, 3.05) is 18.0 Å². The van der Waals surface area contributed by atoms with Crippen molar-refractivity contribution in [3.8, 4) is 0 Å². The second-order valence-corrected chi connectivity index (χ2v) is 7.88. The highest BCUT2D eigenvalue weighted by atomic mass is 16.2. The molecule has 0 spiro atoms. The number of carbonyl (C=O) groups excluding carboxylic acids is 1. The third kappa shape index (κ3) is 4.78. The Hall–Kier alpha value is -2.13. The normalized spacial score (nSPS) is 15.7. The molecule has 3 heteroatoms. The summed E-state index contributed by atoms with van der Waals surface area (Å²) in [7, 11) is 0. The summed E-state index contributed by atoms with van der Waals surface area (Å²) in [6.45, 7) is 11.5. The number of hydrogen-bond acceptors (Lipinski definition) is 2. The molecule has 144 valence electrons. The maximum Gasteiger partial charge on any atom is 0.226 e. The number of nitrogens with zero attached hydrogens (tertiary/aromatic N) is 2. The van der Waals surface area contributed by atoms with Crippen LogP contribution in [-0.4, -0.2) is 29.9 Å². The van der Waals surface area contributed by atoms with Gasteiger partial charge in [0, 0.05) is 37.8 Å². The Labute approximate surface area is 164 Å². The highest BCUT2D eigenvalue weighted by molar-refractivity contribution is 5.93. The predicted molar refractivity (Wildman–Crippen MR) is 113 cm³/mol. The van der Waals surface area contributed by atoms with Crippen molar-refractivity contribution in [3.05, 3.63) is 64.7 Å². The molecule has 1 fully saturated rings. The van der Waals surface area contributed by atoms with Crippen LogP contribution in [0.15, 0.2) is 42.5 Å². The lowest BCUT2D eigenvalue weighted by Gasteiger charge is -2.38. The monoisotopic (exact) mass is 364 g/mol. The Morgan fingerprint density at radius 1 is 1.04 bits per heavy atom. The van der Waals surface area contributed by atoms with E-state index in [9.17, 15) is 4.79 Å². The van der Waals surface area contributed by atoms with Crippen molar-refractivity contribution in [3.63, 3.8) is 0 Å². The van der Waals surface area contributed by atoms with Crippen molar-refractivity contribution in [2.45, 2.75) is 59.5 Å². The smallest absolute Gasteiger partial charge is 0.226 e. The number of anilines is 1. The molecule has 0 aliphatic carbocycles. The lowest BCUT2D eigenvalue weighted by molar-refractivity contribution is -0.119. The molecule has 1 aliphatic rings. The van der Waals surface area contributed by atoms with Gasteiger partial charge in [0.15, 0.2) is 0 Å². The fraction of sp³-hybridized carbons (Fsp3) is 0.458. The van der Waals surface area contributed by atoms with Crippen molar-refractivity contribution in [1.82, 2.24) is 4.90 Å². The summed E-state index contributed by atoms with van der Waals surface area (Å²) in [5.41, 5.74) is 6.35. The third-order valence-corrected chi connectivity index (χ3v) is 5.75. The number of aryl methyl sites for hydroxylation is 3. The van der Waals surface area contributed by atoms with Crippen LogP contribution in [-0.2, 0) is 11.3 Å². The maximum atomic E-state index is 12.7. The summed E-state index contributed by atoms with van der Waals surface area (Å²) in [6.07, 6.45) is 2.62. The summed E-state index contributed by atoms with van der Waals surface area (Å²) in [5, 5.41) is 0. The molecule has 0 radical (unpaired) electrons. The summed E-state index contributed by atoms with van der Waals surface area (Å²) < 4.78 is 0. The van der Waals surface area contributed by atoms with E-state index >= 15 is 0 Å². The maximum absolute atomic E-state index is 12.7. The molecule has 0 unspecified atom stereocenters. The molecule has 1 amide bonds. The Bertz CT molecular complexity index is 791. The average Bonchev–Trinajstić information content (AvgIpc) is 2.66. The van der Waals surface area contributed by atoms with Gasteiger partial charge >= 0.3 is 0 Å². The second-order valence-electron chi connectivity index (χ2n) is 7.88. The van der Waals surface area contributed by atoms with Gasteiger partial charge in [-0.15, -0.1) is 0 Å². The number of amides is 1. The van der Waals surface area contributed by atoms with Crippen LogP contribution in [0.25, 0.3) is 0 Å². The number of carbonyl (C=O) groups is 1. The van der Waals surface area contributed by atoms with E-state index < -0.39 is 0 Å². The zero-order chi connectivity index (χ0) is 19.4. The summed E-state index contributed by atoms with van der Waals surface area (Å²) in [5.74, 6) is 0.230. The van der Waals surface area contributed by atoms with E-state index in [4.69, 9.17) is 0 Å². The Morgan fingerprint density at radius 2 is 1.78 bits per heavy atom. The summed E-state index contributed by atoms with van der Waals surface area (Å²) >= 11 is 0. The van der Waals surface area contributed by atoms with Gasteiger partial charge in [0.05, 0.1) is 0 Å². The first-order valence-electron chi connectivity index (χ1n) is 10.1. The minimum Gasteiger partial charge on any atom is -0.309 e. The van der Waals surface area contributed by atoms with Crippen molar-refractivity contribution in [1.29, 1.82) is 0 Å². The Kier molecular flexibility index (Phi) is 6.33. The molecule has 1 heterocycles. The van der Waals surface area contributed by atoms with Gasteiger partial charge in [0.2, 0.25) is 5.91 Å². The molecule has 3 nitrogen and oxygen atoms in total. The van der Waals surface area contributed by atoms with Gasteiger partial charge in [0.25, 0.3) is 0 Å². The van der Waals surface area contributed by atoms with Crippen LogP contribution >= 0.6 is 0 Å². The standard InChI is InChI=1S/C24H32N2O/c1-5-24(27)26(23-8-6-7-18(2)15-23)22-11-13-25(14-12-22)17-21-10-9-19(3)20(4)16-21/h6-10,15-16,22H,5,11-14,17H2,1-4H3. The van der Waals surface area contributed by atoms with E-state index in [1.165, 1.54) is 22.3 Å². The Morgan fingerprint density at radius 3 is 2.41 bits per heavy atom. The largest absolute Gasteiger partial charge is 0.309 e. The van der Waals surface area contributed by atoms with Gasteiger partial charge in [-0.25, -0.2) is 0 Å². The van der Waals surface area contributed by atoms with Gasteiger partial charge in [-0.2, -0.15) is 0 Å². The topological polar surface area (TPSA) is 23.6 Å². The van der Waals surface area contributed by atoms with E-state index in [2.05, 4.69) is 73.0 Å². The molecule has 0 bridgehead atoms. The zero-order valence-corrected chi connectivity index (χ0v) is 17.2. The van der Waals surface area contributed by atoms with Gasteiger partial charge in [0.1, 0.15) is 0 Å². The Balaban J connectivity index is 1.66. The number of benzene rings is 2. The van der Waals surface area contributed by atoms with Crippen LogP contribution in [0.2, 0.25) is 0 Å². The van der Waals surface area contributed by atoms with Crippen LogP contribution in [0.5, 0.6) is 0 Å². The first-order chi connectivity index (χ1) is 13.0. The number of rotatable bonds is 5. The summed E-state index contributed by atoms with van der Waals surface area (Å²) in [4.78, 5) is 17.3. The number of piperidine rings is 1. The lowest BCUT2D eigenvalue weighted by atomic mass is 10.00. The molecule has 0 aromatic heterocycles. The van der Waals surface area contributed by atoms with E-state index in [1.807, 2.05) is 6.92 Å². The molecule has 3 rings (SSSR count). The van der Waals surface area contributed by atoms with Crippen LogP contribution in [0, 0.1) is 20.8 Å². The quantitative estimate of drug-likeness (QED) is 0.744. The number of likely N-dealkylation sites (tertiary alicyclic amines) is 1. The van der Waals surface area contributed by atoms with E-state index in [-0.39, 0.29) is 5.91 Å². The van der Waals surface area contributed by atoms with E-state index in [0.29, 0.717) is 12.5 Å². The molecule has 0 atom stereocenters. The van der Waals surface area contributed by atoms with Crippen molar-refractivity contribution < 1.29 is 4.79 Å². The molecular weight excluding hydrogens is 332 g/mol. The molecule has 0 saturated carbocycles. The second kappa shape index (κ2) is 8.71. The first-order valence-corrected chi connectivity index (χ1v) is 10.1. The fourth-order valence-electron chi connectivity index (χ4n) is 4.00. The minimum absolute atomic E-state index is 0.230. The third-order valence-electron chi connectivity index (χ3n) is 5.75. The summed E-state index contributed by atoms with van der Waals surface area (Å²) in [6, 6.07) is 15.4.